The fourth-order valence-corrected chi connectivity index (χ4v) is 3.15. The van der Waals surface area contributed by atoms with E-state index in [0.717, 1.165) is 28.4 Å². The first-order valence-corrected chi connectivity index (χ1v) is 8.07. The molecule has 0 unspecified atom stereocenters. The van der Waals surface area contributed by atoms with Crippen LogP contribution in [-0.2, 0) is 11.5 Å². The van der Waals surface area contributed by atoms with E-state index in [4.69, 9.17) is 4.74 Å². The summed E-state index contributed by atoms with van der Waals surface area (Å²) in [6.45, 7) is 3.69. The zero-order valence-electron chi connectivity index (χ0n) is 12.7. The van der Waals surface area contributed by atoms with E-state index in [2.05, 4.69) is 31.2 Å². The van der Waals surface area contributed by atoms with Gasteiger partial charge in [-0.2, -0.15) is 11.8 Å². The summed E-state index contributed by atoms with van der Waals surface area (Å²) in [6, 6.07) is 14.2. The van der Waals surface area contributed by atoms with E-state index in [1.807, 2.05) is 30.0 Å². The molecule has 2 rings (SSSR count). The highest BCUT2D eigenvalue weighted by atomic mass is 32.2. The van der Waals surface area contributed by atoms with E-state index in [-0.39, 0.29) is 5.78 Å². The van der Waals surface area contributed by atoms with Crippen molar-refractivity contribution in [2.24, 2.45) is 0 Å². The van der Waals surface area contributed by atoms with Crippen molar-refractivity contribution in [3.63, 3.8) is 0 Å². The third-order valence-electron chi connectivity index (χ3n) is 3.30. The Morgan fingerprint density at radius 2 is 1.95 bits per heavy atom. The minimum Gasteiger partial charge on any atom is -0.496 e. The van der Waals surface area contributed by atoms with Gasteiger partial charge in [-0.15, -0.1) is 0 Å². The number of methoxy groups -OCH3 is 1. The molecule has 0 atom stereocenters. The van der Waals surface area contributed by atoms with Crippen LogP contribution >= 0.6 is 11.8 Å². The fourth-order valence-electron chi connectivity index (χ4n) is 2.19. The zero-order chi connectivity index (χ0) is 15.2. The van der Waals surface area contributed by atoms with Crippen molar-refractivity contribution in [2.45, 2.75) is 25.4 Å². The normalized spacial score (nSPS) is 10.4. The van der Waals surface area contributed by atoms with E-state index in [9.17, 15) is 4.79 Å². The predicted octanol–water partition coefficient (Wildman–Crippen LogP) is 4.64. The van der Waals surface area contributed by atoms with E-state index >= 15 is 0 Å². The van der Waals surface area contributed by atoms with Gasteiger partial charge in [-0.25, -0.2) is 0 Å². The maximum Gasteiger partial charge on any atom is 0.159 e. The van der Waals surface area contributed by atoms with Crippen LogP contribution in [0.1, 0.15) is 34.0 Å². The second-order valence-electron chi connectivity index (χ2n) is 5.06. The first-order valence-electron chi connectivity index (χ1n) is 6.91. The third kappa shape index (κ3) is 4.36. The van der Waals surface area contributed by atoms with Gasteiger partial charge in [0.05, 0.1) is 7.11 Å². The van der Waals surface area contributed by atoms with Crippen LogP contribution in [0.2, 0.25) is 0 Å². The van der Waals surface area contributed by atoms with Crippen LogP contribution in [0.15, 0.2) is 42.5 Å². The maximum atomic E-state index is 11.5. The Morgan fingerprint density at radius 1 is 1.14 bits per heavy atom. The summed E-state index contributed by atoms with van der Waals surface area (Å²) < 4.78 is 5.38. The van der Waals surface area contributed by atoms with Gasteiger partial charge in [0.2, 0.25) is 0 Å². The Morgan fingerprint density at radius 3 is 2.62 bits per heavy atom. The van der Waals surface area contributed by atoms with Crippen LogP contribution in [0.3, 0.4) is 0 Å². The Hall–Kier alpha value is -1.74. The van der Waals surface area contributed by atoms with Crippen LogP contribution < -0.4 is 4.74 Å². The van der Waals surface area contributed by atoms with Gasteiger partial charge in [-0.1, -0.05) is 29.8 Å². The second-order valence-corrected chi connectivity index (χ2v) is 6.05. The minimum atomic E-state index is 0.0857. The molecular formula is C18H20O2S. The molecule has 0 aliphatic heterocycles. The number of ketones is 1. The molecule has 2 aromatic carbocycles. The molecule has 110 valence electrons. The van der Waals surface area contributed by atoms with Gasteiger partial charge >= 0.3 is 0 Å². The SMILES string of the molecule is COc1ccc(C(C)=O)cc1CSCc1cccc(C)c1. The first-order chi connectivity index (χ1) is 10.1. The molecule has 2 nitrogen and oxygen atoms in total. The molecule has 0 aliphatic carbocycles. The highest BCUT2D eigenvalue weighted by molar-refractivity contribution is 7.97. The molecule has 0 fully saturated rings. The molecule has 0 N–H and O–H groups in total. The number of Topliss-reactive ketones (excluding diaryl/α,β-unsaturated/α-hetero) is 1. The van der Waals surface area contributed by atoms with Crippen LogP contribution in [-0.4, -0.2) is 12.9 Å². The number of carbonyl (C=O) groups excluding carboxylic acids is 1. The van der Waals surface area contributed by atoms with E-state index < -0.39 is 0 Å². The standard InChI is InChI=1S/C18H20O2S/c1-13-5-4-6-15(9-13)11-21-12-17-10-16(14(2)19)7-8-18(17)20-3/h4-10H,11-12H2,1-3H3. The molecule has 0 amide bonds. The Balaban J connectivity index is 2.05. The quantitative estimate of drug-likeness (QED) is 0.727. The maximum absolute atomic E-state index is 11.5. The van der Waals surface area contributed by atoms with Crippen molar-refractivity contribution in [1.82, 2.24) is 0 Å². The molecule has 2 aromatic rings. The van der Waals surface area contributed by atoms with Gasteiger partial charge < -0.3 is 4.74 Å². The van der Waals surface area contributed by atoms with Gasteiger partial charge in [0.25, 0.3) is 0 Å². The number of ether oxygens (including phenoxy) is 1. The summed E-state index contributed by atoms with van der Waals surface area (Å²) in [5.74, 6) is 2.72. The van der Waals surface area contributed by atoms with Crippen LogP contribution in [0.5, 0.6) is 5.75 Å². The molecule has 0 aliphatic rings. The summed E-state index contributed by atoms with van der Waals surface area (Å²) in [5, 5.41) is 0. The lowest BCUT2D eigenvalue weighted by atomic mass is 10.1. The largest absolute Gasteiger partial charge is 0.496 e. The average Bonchev–Trinajstić information content (AvgIpc) is 2.47. The van der Waals surface area contributed by atoms with E-state index in [1.54, 1.807) is 14.0 Å². The fraction of sp³-hybridized carbons (Fsp3) is 0.278. The Kier molecular flexibility index (Phi) is 5.45. The molecule has 0 spiro atoms. The van der Waals surface area contributed by atoms with Crippen molar-refractivity contribution in [2.75, 3.05) is 7.11 Å². The van der Waals surface area contributed by atoms with E-state index in [1.165, 1.54) is 11.1 Å². The second kappa shape index (κ2) is 7.32. The van der Waals surface area contributed by atoms with Crippen molar-refractivity contribution < 1.29 is 9.53 Å². The van der Waals surface area contributed by atoms with Gasteiger partial charge in [0, 0.05) is 22.6 Å². The molecule has 0 aromatic heterocycles. The van der Waals surface area contributed by atoms with Gasteiger partial charge in [0.1, 0.15) is 5.75 Å². The number of benzene rings is 2. The average molecular weight is 300 g/mol. The molecule has 3 heteroatoms. The number of hydrogen-bond donors (Lipinski definition) is 0. The zero-order valence-corrected chi connectivity index (χ0v) is 13.5. The summed E-state index contributed by atoms with van der Waals surface area (Å²) in [5.41, 5.74) is 4.41. The Labute approximate surface area is 130 Å². The van der Waals surface area contributed by atoms with Crippen molar-refractivity contribution in [3.05, 3.63) is 64.7 Å². The van der Waals surface area contributed by atoms with Crippen molar-refractivity contribution >= 4 is 17.5 Å². The lowest BCUT2D eigenvalue weighted by Crippen LogP contribution is -1.97. The smallest absolute Gasteiger partial charge is 0.159 e. The van der Waals surface area contributed by atoms with Crippen LogP contribution in [0.25, 0.3) is 0 Å². The number of aryl methyl sites for hydroxylation is 1. The molecule has 0 bridgehead atoms. The van der Waals surface area contributed by atoms with Crippen LogP contribution in [0, 0.1) is 6.92 Å². The third-order valence-corrected chi connectivity index (χ3v) is 4.35. The summed E-state index contributed by atoms with van der Waals surface area (Å²) in [4.78, 5) is 11.5. The first kappa shape index (κ1) is 15.6. The Bertz CT molecular complexity index is 635. The van der Waals surface area contributed by atoms with E-state index in [0.29, 0.717) is 0 Å². The number of carbonyl (C=O) groups is 1. The predicted molar refractivity (Wildman–Crippen MR) is 89.2 cm³/mol. The molecule has 0 saturated heterocycles. The number of rotatable bonds is 6. The van der Waals surface area contributed by atoms with Gasteiger partial charge in [-0.3, -0.25) is 4.79 Å². The van der Waals surface area contributed by atoms with Gasteiger partial charge in [-0.05, 0) is 37.6 Å². The highest BCUT2D eigenvalue weighted by Gasteiger charge is 2.07. The topological polar surface area (TPSA) is 26.3 Å². The lowest BCUT2D eigenvalue weighted by Gasteiger charge is -2.10. The van der Waals surface area contributed by atoms with Crippen LogP contribution in [0.4, 0.5) is 0 Å². The number of hydrogen-bond acceptors (Lipinski definition) is 3. The lowest BCUT2D eigenvalue weighted by molar-refractivity contribution is 0.101. The van der Waals surface area contributed by atoms with Gasteiger partial charge in [0.15, 0.2) is 5.78 Å². The summed E-state index contributed by atoms with van der Waals surface area (Å²) in [6.07, 6.45) is 0. The summed E-state index contributed by atoms with van der Waals surface area (Å²) >= 11 is 1.83. The van der Waals surface area contributed by atoms with Crippen molar-refractivity contribution in [1.29, 1.82) is 0 Å². The minimum absolute atomic E-state index is 0.0857. The highest BCUT2D eigenvalue weighted by Crippen LogP contribution is 2.26. The van der Waals surface area contributed by atoms with Crippen molar-refractivity contribution in [3.8, 4) is 5.75 Å². The number of thioether (sulfide) groups is 1. The molecule has 0 radical (unpaired) electrons. The molecule has 0 heterocycles. The molecule has 0 saturated carbocycles. The summed E-state index contributed by atoms with van der Waals surface area (Å²) in [7, 11) is 1.66. The monoisotopic (exact) mass is 300 g/mol. The molecular weight excluding hydrogens is 280 g/mol. The molecule has 21 heavy (non-hydrogen) atoms.